The van der Waals surface area contributed by atoms with E-state index in [-0.39, 0.29) is 219 Å². The summed E-state index contributed by atoms with van der Waals surface area (Å²) >= 11 is 2.94. The first-order valence-electron chi connectivity index (χ1n) is 33.8. The monoisotopic (exact) mass is 1550 g/mol. The van der Waals surface area contributed by atoms with Crippen LogP contribution in [-0.4, -0.2) is 108 Å². The molecule has 4 N–H and O–H groups in total. The molecule has 6 aromatic carbocycles. The molecule has 0 atom stereocenters. The summed E-state index contributed by atoms with van der Waals surface area (Å²) in [4.78, 5) is 67.0. The second-order valence-electron chi connectivity index (χ2n) is 30.6. The van der Waals surface area contributed by atoms with E-state index in [2.05, 4.69) is 157 Å². The summed E-state index contributed by atoms with van der Waals surface area (Å²) in [6.07, 6.45) is 5.73. The van der Waals surface area contributed by atoms with Gasteiger partial charge in [-0.3, -0.25) is 9.59 Å². The van der Waals surface area contributed by atoms with E-state index in [1.54, 1.807) is 32.9 Å². The van der Waals surface area contributed by atoms with Gasteiger partial charge in [0.2, 0.25) is 0 Å². The summed E-state index contributed by atoms with van der Waals surface area (Å²) in [6.45, 7) is 32.5. The normalized spacial score (nSPS) is 17.4. The van der Waals surface area contributed by atoms with Gasteiger partial charge < -0.3 is 65.2 Å². The molecule has 0 aromatic heterocycles. The molecular weight excluding hydrogens is 1450 g/mol. The maximum atomic E-state index is 11.8. The molecule has 0 saturated carbocycles. The molecule has 22 heteroatoms. The van der Waals surface area contributed by atoms with Crippen molar-refractivity contribution >= 4 is 52.2 Å². The zero-order valence-corrected chi connectivity index (χ0v) is 70.0. The standard InChI is InChI=1S/C29H36O6.C25H28O6.C21H24O2.C4H7BrO2.CH2O3.2CH4.2K.H/c1-7-32-25(30)15-34-19-9-11-21-23(13-19)29(17-27(21,3)4)18-28(5,6)22-12-10-20(14-24(22)29)35-16-26(31)33-8-2;1-23(2)13-25(19-9-15(5-7-17(19)23)30-11-21(26)27)14-24(3,4)18-8-6-16(10-20(18)25)31-12-22(28)29;1-19(2)11-21(17-9-13(22)5-7-15(17)19)12-20(3,4)16-8-6-14(23)10-18(16)21;1-2-7-4(6)3-5;2-1-4-3;;;;;/h9-14H,7-8,15-18H2,1-6H3;5-10H,11-14H2,1-4H3,(H,26,27)(H,28,29);5-10,22-23H,11-12H2,1-4H3;2-3H2,1H3;1,3H;2*1H4;;;/q;;;;;;;2*+1;-1/p-1. The second kappa shape index (κ2) is 36.2. The van der Waals surface area contributed by atoms with Crippen LogP contribution in [0.1, 0.15) is 225 Å². The Hall–Kier alpha value is -5.35. The fourth-order valence-electron chi connectivity index (χ4n) is 17.5. The van der Waals surface area contributed by atoms with Crippen molar-refractivity contribution in [2.24, 2.45) is 0 Å². The molecule has 6 aliphatic rings. The third-order valence-electron chi connectivity index (χ3n) is 20.4. The number of halogens is 1. The van der Waals surface area contributed by atoms with Gasteiger partial charge in [-0.25, -0.2) is 19.2 Å². The van der Waals surface area contributed by atoms with Crippen molar-refractivity contribution in [1.82, 2.24) is 0 Å². The zero-order chi connectivity index (χ0) is 73.8. The molecule has 0 bridgehead atoms. The Morgan fingerprint density at radius 1 is 0.394 bits per heavy atom. The van der Waals surface area contributed by atoms with Crippen molar-refractivity contribution < 1.29 is 197 Å². The van der Waals surface area contributed by atoms with Crippen LogP contribution in [0.4, 0.5) is 0 Å². The molecule has 12 rings (SSSR count). The molecule has 0 amide bonds. The number of hydrogen-bond donors (Lipinski definition) is 4. The Bertz CT molecular complexity index is 3820. The molecule has 0 radical (unpaired) electrons. The van der Waals surface area contributed by atoms with Crippen molar-refractivity contribution in [2.45, 2.75) is 206 Å². The largest absolute Gasteiger partial charge is 1.00 e. The van der Waals surface area contributed by atoms with Crippen LogP contribution < -0.4 is 127 Å². The van der Waals surface area contributed by atoms with Gasteiger partial charge in [0, 0.05) is 16.2 Å². The fourth-order valence-corrected chi connectivity index (χ4v) is 17.6. The number of ether oxygens (including phenoxy) is 7. The summed E-state index contributed by atoms with van der Waals surface area (Å²) in [5, 5.41) is 46.9. The smallest absolute Gasteiger partial charge is 1.00 e. The number of rotatable bonds is 17. The van der Waals surface area contributed by atoms with Crippen molar-refractivity contribution in [3.8, 4) is 34.5 Å². The van der Waals surface area contributed by atoms with Crippen molar-refractivity contribution in [2.75, 3.05) is 51.6 Å². The fraction of sp³-hybridized carbons (Fsp3) is 0.488. The third-order valence-corrected chi connectivity index (χ3v) is 20.9. The van der Waals surface area contributed by atoms with Gasteiger partial charge in [0.05, 0.1) is 19.8 Å². The number of hydrogen-bond acceptors (Lipinski definition) is 17. The van der Waals surface area contributed by atoms with Crippen LogP contribution in [0.25, 0.3) is 0 Å². The Morgan fingerprint density at radius 3 is 0.808 bits per heavy atom. The maximum absolute atomic E-state index is 11.8. The van der Waals surface area contributed by atoms with Crippen LogP contribution in [0.3, 0.4) is 0 Å². The quantitative estimate of drug-likeness (QED) is 0.0126. The van der Waals surface area contributed by atoms with E-state index in [0.717, 1.165) is 49.7 Å². The zero-order valence-electron chi connectivity index (χ0n) is 63.2. The molecule has 0 aliphatic heterocycles. The number of alkyl halides is 1. The molecule has 0 fully saturated rings. The molecule has 556 valence electrons. The minimum Gasteiger partial charge on any atom is -1.00 e. The van der Waals surface area contributed by atoms with Gasteiger partial charge in [0.1, 0.15) is 39.8 Å². The van der Waals surface area contributed by atoms with Gasteiger partial charge in [-0.2, -0.15) is 0 Å². The number of aliphatic carboxylic acids is 2. The number of carbonyl (C=O) groups is 6. The minimum atomic E-state index is -1.01. The number of aromatic hydroxyl groups is 2. The van der Waals surface area contributed by atoms with Crippen molar-refractivity contribution in [3.63, 3.8) is 0 Å². The topological polar surface area (TPSA) is 280 Å². The van der Waals surface area contributed by atoms with Crippen LogP contribution in [0, 0.1) is 0 Å². The molecular formula is C82H105BrK2O19. The summed E-state index contributed by atoms with van der Waals surface area (Å²) in [6, 6.07) is 35.8. The number of phenolic OH excluding ortho intramolecular Hbond substituents is 2. The van der Waals surface area contributed by atoms with Crippen LogP contribution in [0.2, 0.25) is 0 Å². The Kier molecular flexibility index (Phi) is 31.7. The Balaban J connectivity index is 0.000000377. The first-order chi connectivity index (χ1) is 46.8. The van der Waals surface area contributed by atoms with Crippen LogP contribution in [0.5, 0.6) is 34.5 Å². The van der Waals surface area contributed by atoms with Crippen LogP contribution in [-0.2, 0) is 96.6 Å². The third kappa shape index (κ3) is 19.6. The van der Waals surface area contributed by atoms with E-state index in [0.29, 0.717) is 59.6 Å². The minimum absolute atomic E-state index is 0. The molecule has 104 heavy (non-hydrogen) atoms. The number of carboxylic acids is 2. The van der Waals surface area contributed by atoms with Crippen molar-refractivity contribution in [3.05, 3.63) is 176 Å². The summed E-state index contributed by atoms with van der Waals surface area (Å²) < 4.78 is 37.2. The summed E-state index contributed by atoms with van der Waals surface area (Å²) in [7, 11) is 0. The SMILES string of the molecule is C.C.CC1(C)CC2(CC(C)(C)c3ccc(O)cc32)c2cc(O)ccc21.CC1(C)CC2(CC(C)(C)c3ccc(OCC(=O)O)cc32)c2cc(OCC(=O)O)ccc21.CCOC(=O)CBr.CCOC(=O)COc1ccc2c(c1)C1(CC2(C)C)CC(C)(C)c2ccc(OCC(=O)OCC)cc21.O=CO[O-].[H-].[K+].[K+]. The second-order valence-corrected chi connectivity index (χ2v) is 31.1. The summed E-state index contributed by atoms with van der Waals surface area (Å²) in [5.41, 5.74) is 14.2. The molecule has 6 aliphatic carbocycles. The molecule has 6 aromatic rings. The van der Waals surface area contributed by atoms with E-state index in [1.807, 2.05) is 48.5 Å². The molecule has 3 spiro atoms. The first kappa shape index (κ1) is 91.0. The van der Waals surface area contributed by atoms with E-state index in [9.17, 15) is 34.2 Å². The van der Waals surface area contributed by atoms with Gasteiger partial charge in [-0.1, -0.05) is 150 Å². The van der Waals surface area contributed by atoms with Gasteiger partial charge in [0.15, 0.2) is 26.4 Å². The number of carbonyl (C=O) groups excluding carboxylic acids is 4. The molecule has 19 nitrogen and oxygen atoms in total. The van der Waals surface area contributed by atoms with Crippen molar-refractivity contribution in [1.29, 1.82) is 0 Å². The van der Waals surface area contributed by atoms with Gasteiger partial charge in [-0.15, -0.1) is 0 Å². The summed E-state index contributed by atoms with van der Waals surface area (Å²) in [5.74, 6) is 0.0842. The average molecular weight is 1550 g/mol. The predicted molar refractivity (Wildman–Crippen MR) is 393 cm³/mol. The number of esters is 3. The van der Waals surface area contributed by atoms with E-state index >= 15 is 0 Å². The Morgan fingerprint density at radius 2 is 0.606 bits per heavy atom. The predicted octanol–water partition coefficient (Wildman–Crippen LogP) is 9.00. The number of carboxylic acid groups (broad SMARTS) is 2. The van der Waals surface area contributed by atoms with Gasteiger partial charge in [0.25, 0.3) is 6.47 Å². The molecule has 0 saturated heterocycles. The number of benzene rings is 6. The van der Waals surface area contributed by atoms with E-state index in [4.69, 9.17) is 48.7 Å². The molecule has 0 heterocycles. The van der Waals surface area contributed by atoms with Gasteiger partial charge in [-0.05, 0) is 231 Å². The maximum Gasteiger partial charge on any atom is 1.00 e. The first-order valence-corrected chi connectivity index (χ1v) is 35.0. The Labute approximate surface area is 708 Å². The number of phenols is 2. The van der Waals surface area contributed by atoms with Crippen LogP contribution in [0.15, 0.2) is 109 Å². The molecule has 0 unspecified atom stereocenters. The van der Waals surface area contributed by atoms with Gasteiger partial charge >= 0.3 is 133 Å². The average Bonchev–Trinajstić information content (AvgIpc) is 1.55. The van der Waals surface area contributed by atoms with E-state index < -0.39 is 11.9 Å². The number of fused-ring (bicyclic) bond motifs is 12. The van der Waals surface area contributed by atoms with Crippen LogP contribution >= 0.6 is 15.9 Å². The van der Waals surface area contributed by atoms with E-state index in [1.165, 1.54) is 55.6 Å².